The Morgan fingerprint density at radius 3 is 2.62 bits per heavy atom. The van der Waals surface area contributed by atoms with E-state index in [9.17, 15) is 0 Å². The Kier molecular flexibility index (Phi) is 8.40. The van der Waals surface area contributed by atoms with Crippen molar-refractivity contribution in [1.82, 2.24) is 10.2 Å². The van der Waals surface area contributed by atoms with Gasteiger partial charge in [-0.15, -0.1) is 0 Å². The molecule has 1 rings (SSSR count). The van der Waals surface area contributed by atoms with Crippen molar-refractivity contribution >= 4 is 0 Å². The molecule has 120 valence electrons. The number of hydrogen-bond acceptors (Lipinski definition) is 3. The van der Waals surface area contributed by atoms with Crippen LogP contribution < -0.4 is 10.1 Å². The number of nitrogens with one attached hydrogen (secondary N) is 1. The summed E-state index contributed by atoms with van der Waals surface area (Å²) in [6.07, 6.45) is 3.51. The third kappa shape index (κ3) is 6.49. The van der Waals surface area contributed by atoms with Gasteiger partial charge < -0.3 is 15.0 Å². The number of ether oxygens (including phenoxy) is 1. The molecule has 1 aromatic carbocycles. The van der Waals surface area contributed by atoms with E-state index < -0.39 is 0 Å². The first-order chi connectivity index (χ1) is 10.1. The summed E-state index contributed by atoms with van der Waals surface area (Å²) in [5.74, 6) is 0.993. The summed E-state index contributed by atoms with van der Waals surface area (Å²) >= 11 is 0. The Labute approximate surface area is 130 Å². The van der Waals surface area contributed by atoms with Crippen molar-refractivity contribution in [2.24, 2.45) is 0 Å². The van der Waals surface area contributed by atoms with Gasteiger partial charge in [0.05, 0.1) is 7.11 Å². The molecule has 0 heterocycles. The predicted molar refractivity (Wildman–Crippen MR) is 91.2 cm³/mol. The molecule has 2 unspecified atom stereocenters. The summed E-state index contributed by atoms with van der Waals surface area (Å²) in [4.78, 5) is 2.41. The van der Waals surface area contributed by atoms with Crippen LogP contribution in [0.1, 0.15) is 39.2 Å². The molecular weight excluding hydrogens is 260 g/mol. The first kappa shape index (κ1) is 18.0. The molecule has 0 spiro atoms. The second kappa shape index (κ2) is 9.80. The molecule has 0 radical (unpaired) electrons. The topological polar surface area (TPSA) is 24.5 Å². The number of nitrogens with zero attached hydrogens (tertiary/aromatic N) is 1. The maximum Gasteiger partial charge on any atom is 0.122 e. The van der Waals surface area contributed by atoms with Crippen LogP contribution in [0, 0.1) is 0 Å². The van der Waals surface area contributed by atoms with Crippen LogP contribution in [0.3, 0.4) is 0 Å². The summed E-state index contributed by atoms with van der Waals surface area (Å²) < 4.78 is 5.43. The van der Waals surface area contributed by atoms with Gasteiger partial charge >= 0.3 is 0 Å². The van der Waals surface area contributed by atoms with Crippen molar-refractivity contribution in [2.75, 3.05) is 27.2 Å². The zero-order valence-corrected chi connectivity index (χ0v) is 14.4. The van der Waals surface area contributed by atoms with Gasteiger partial charge in [0, 0.05) is 25.2 Å². The molecular formula is C18H32N2O. The highest BCUT2D eigenvalue weighted by atomic mass is 16.5. The maximum atomic E-state index is 5.43. The van der Waals surface area contributed by atoms with Crippen LogP contribution in [-0.2, 0) is 6.42 Å². The Bertz CT molecular complexity index is 395. The predicted octanol–water partition coefficient (Wildman–Crippen LogP) is 3.34. The summed E-state index contributed by atoms with van der Waals surface area (Å²) in [6, 6.07) is 9.42. The van der Waals surface area contributed by atoms with Crippen molar-refractivity contribution in [3.8, 4) is 5.75 Å². The second-order valence-corrected chi connectivity index (χ2v) is 5.99. The fourth-order valence-corrected chi connectivity index (χ4v) is 2.59. The van der Waals surface area contributed by atoms with E-state index in [1.54, 1.807) is 7.11 Å². The monoisotopic (exact) mass is 292 g/mol. The minimum absolute atomic E-state index is 0.504. The number of para-hydroxylation sites is 1. The highest BCUT2D eigenvalue weighted by molar-refractivity contribution is 5.33. The van der Waals surface area contributed by atoms with Crippen molar-refractivity contribution in [3.05, 3.63) is 29.8 Å². The Balaban J connectivity index is 2.38. The van der Waals surface area contributed by atoms with Gasteiger partial charge in [-0.3, -0.25) is 0 Å². The number of methoxy groups -OCH3 is 1. The second-order valence-electron chi connectivity index (χ2n) is 5.99. The lowest BCUT2D eigenvalue weighted by Gasteiger charge is -2.26. The summed E-state index contributed by atoms with van der Waals surface area (Å²) in [5.41, 5.74) is 1.28. The van der Waals surface area contributed by atoms with Gasteiger partial charge in [-0.1, -0.05) is 31.5 Å². The van der Waals surface area contributed by atoms with Crippen molar-refractivity contribution in [2.45, 2.75) is 52.1 Å². The van der Waals surface area contributed by atoms with Gasteiger partial charge in [-0.25, -0.2) is 0 Å². The van der Waals surface area contributed by atoms with Gasteiger partial charge in [0.1, 0.15) is 5.75 Å². The van der Waals surface area contributed by atoms with E-state index >= 15 is 0 Å². The molecule has 0 amide bonds. The molecule has 0 saturated carbocycles. The van der Waals surface area contributed by atoms with Crippen molar-refractivity contribution < 1.29 is 4.74 Å². The van der Waals surface area contributed by atoms with Gasteiger partial charge in [0.15, 0.2) is 0 Å². The third-order valence-corrected chi connectivity index (χ3v) is 4.14. The quantitative estimate of drug-likeness (QED) is 0.716. The summed E-state index contributed by atoms with van der Waals surface area (Å²) in [6.45, 7) is 8.90. The summed E-state index contributed by atoms with van der Waals surface area (Å²) in [7, 11) is 3.94. The zero-order valence-electron chi connectivity index (χ0n) is 14.4. The third-order valence-electron chi connectivity index (χ3n) is 4.14. The van der Waals surface area contributed by atoms with E-state index in [0.717, 1.165) is 25.3 Å². The molecule has 2 atom stereocenters. The van der Waals surface area contributed by atoms with Crippen molar-refractivity contribution in [3.63, 3.8) is 0 Å². The fraction of sp³-hybridized carbons (Fsp3) is 0.667. The van der Waals surface area contributed by atoms with E-state index in [0.29, 0.717) is 12.1 Å². The van der Waals surface area contributed by atoms with E-state index in [1.807, 2.05) is 12.1 Å². The SMILES string of the molecule is CCCC(C)NCCN(C)C(C)Cc1ccccc1OC. The standard InChI is InChI=1S/C18H32N2O/c1-6-9-15(2)19-12-13-20(4)16(3)14-17-10-7-8-11-18(17)21-5/h7-8,10-11,15-16,19H,6,9,12-14H2,1-5H3. The van der Waals surface area contributed by atoms with E-state index in [1.165, 1.54) is 18.4 Å². The van der Waals surface area contributed by atoms with Crippen LogP contribution in [-0.4, -0.2) is 44.2 Å². The molecule has 0 aliphatic heterocycles. The zero-order chi connectivity index (χ0) is 15.7. The number of rotatable bonds is 10. The molecule has 0 saturated heterocycles. The van der Waals surface area contributed by atoms with Crippen LogP contribution >= 0.6 is 0 Å². The number of hydrogen-bond donors (Lipinski definition) is 1. The minimum atomic E-state index is 0.504. The van der Waals surface area contributed by atoms with Crippen LogP contribution in [0.25, 0.3) is 0 Å². The Hall–Kier alpha value is -1.06. The molecule has 0 bridgehead atoms. The molecule has 1 N–H and O–H groups in total. The average Bonchev–Trinajstić information content (AvgIpc) is 2.47. The molecule has 0 fully saturated rings. The van der Waals surface area contributed by atoms with Crippen LogP contribution in [0.5, 0.6) is 5.75 Å². The Morgan fingerprint density at radius 2 is 1.95 bits per heavy atom. The smallest absolute Gasteiger partial charge is 0.122 e. The first-order valence-corrected chi connectivity index (χ1v) is 8.14. The Morgan fingerprint density at radius 1 is 1.24 bits per heavy atom. The van der Waals surface area contributed by atoms with Gasteiger partial charge in [-0.05, 0) is 45.4 Å². The van der Waals surface area contributed by atoms with Gasteiger partial charge in [-0.2, -0.15) is 0 Å². The maximum absolute atomic E-state index is 5.43. The van der Waals surface area contributed by atoms with E-state index in [2.05, 4.69) is 50.2 Å². The molecule has 3 heteroatoms. The lowest BCUT2D eigenvalue weighted by Crippen LogP contribution is -2.38. The molecule has 21 heavy (non-hydrogen) atoms. The average molecular weight is 292 g/mol. The molecule has 1 aromatic rings. The number of benzene rings is 1. The van der Waals surface area contributed by atoms with E-state index in [4.69, 9.17) is 4.74 Å². The lowest BCUT2D eigenvalue weighted by atomic mass is 10.1. The minimum Gasteiger partial charge on any atom is -0.496 e. The molecule has 0 aromatic heterocycles. The number of likely N-dealkylation sites (N-methyl/N-ethyl adjacent to an activating group) is 1. The first-order valence-electron chi connectivity index (χ1n) is 8.14. The summed E-state index contributed by atoms with van der Waals surface area (Å²) in [5, 5.41) is 3.59. The van der Waals surface area contributed by atoms with Gasteiger partial charge in [0.2, 0.25) is 0 Å². The van der Waals surface area contributed by atoms with E-state index in [-0.39, 0.29) is 0 Å². The van der Waals surface area contributed by atoms with Gasteiger partial charge in [0.25, 0.3) is 0 Å². The normalized spacial score (nSPS) is 14.2. The van der Waals surface area contributed by atoms with Crippen LogP contribution in [0.4, 0.5) is 0 Å². The highest BCUT2D eigenvalue weighted by Gasteiger charge is 2.12. The molecule has 3 nitrogen and oxygen atoms in total. The van der Waals surface area contributed by atoms with Crippen LogP contribution in [0.2, 0.25) is 0 Å². The fourth-order valence-electron chi connectivity index (χ4n) is 2.59. The van der Waals surface area contributed by atoms with Crippen molar-refractivity contribution in [1.29, 1.82) is 0 Å². The highest BCUT2D eigenvalue weighted by Crippen LogP contribution is 2.20. The molecule has 0 aliphatic carbocycles. The molecule has 0 aliphatic rings. The largest absolute Gasteiger partial charge is 0.496 e. The van der Waals surface area contributed by atoms with Crippen LogP contribution in [0.15, 0.2) is 24.3 Å². The lowest BCUT2D eigenvalue weighted by molar-refractivity contribution is 0.250.